The third-order valence-corrected chi connectivity index (χ3v) is 4.97. The summed E-state index contributed by atoms with van der Waals surface area (Å²) in [6.07, 6.45) is 0.272. The second-order valence-electron chi connectivity index (χ2n) is 8.45. The van der Waals surface area contributed by atoms with E-state index in [9.17, 15) is 9.59 Å². The molecular formula is C20H28N4O2. The van der Waals surface area contributed by atoms with Gasteiger partial charge >= 0.3 is 0 Å². The van der Waals surface area contributed by atoms with Gasteiger partial charge in [-0.25, -0.2) is 4.98 Å². The van der Waals surface area contributed by atoms with E-state index in [1.807, 2.05) is 45.0 Å². The molecule has 2 atom stereocenters. The summed E-state index contributed by atoms with van der Waals surface area (Å²) in [5.41, 5.74) is 1.58. The molecule has 0 bridgehead atoms. The average molecular weight is 356 g/mol. The van der Waals surface area contributed by atoms with E-state index in [0.717, 1.165) is 16.9 Å². The van der Waals surface area contributed by atoms with E-state index in [2.05, 4.69) is 29.1 Å². The molecule has 1 aromatic carbocycles. The lowest BCUT2D eigenvalue weighted by molar-refractivity contribution is -0.132. The van der Waals surface area contributed by atoms with E-state index in [1.54, 1.807) is 4.90 Å². The lowest BCUT2D eigenvalue weighted by atomic mass is 10.0. The van der Waals surface area contributed by atoms with Gasteiger partial charge in [-0.05, 0) is 38.8 Å². The number of amides is 2. The largest absolute Gasteiger partial charge is 0.346 e. The maximum absolute atomic E-state index is 12.8. The first-order valence-electron chi connectivity index (χ1n) is 9.22. The molecule has 0 saturated carbocycles. The van der Waals surface area contributed by atoms with E-state index in [4.69, 9.17) is 0 Å². The van der Waals surface area contributed by atoms with Gasteiger partial charge in [0.25, 0.3) is 0 Å². The first kappa shape index (κ1) is 18.4. The van der Waals surface area contributed by atoms with E-state index < -0.39 is 0 Å². The Hall–Kier alpha value is -2.37. The minimum absolute atomic E-state index is 0.0440. The predicted molar refractivity (Wildman–Crippen MR) is 101 cm³/mol. The van der Waals surface area contributed by atoms with Crippen molar-refractivity contribution in [2.45, 2.75) is 52.6 Å². The Morgan fingerprint density at radius 3 is 2.58 bits per heavy atom. The van der Waals surface area contributed by atoms with Crippen LogP contribution in [0.3, 0.4) is 0 Å². The lowest BCUT2D eigenvalue weighted by Crippen LogP contribution is -2.43. The fourth-order valence-corrected chi connectivity index (χ4v) is 3.47. The molecule has 1 unspecified atom stereocenters. The number of imidazole rings is 1. The molecule has 140 valence electrons. The molecule has 3 rings (SSSR count). The number of carbonyl (C=O) groups excluding carboxylic acids is 2. The van der Waals surface area contributed by atoms with Crippen LogP contribution < -0.4 is 5.32 Å². The summed E-state index contributed by atoms with van der Waals surface area (Å²) in [5, 5.41) is 3.12. The summed E-state index contributed by atoms with van der Waals surface area (Å²) in [6, 6.07) is 7.61. The van der Waals surface area contributed by atoms with Gasteiger partial charge in [-0.3, -0.25) is 9.59 Å². The highest BCUT2D eigenvalue weighted by Crippen LogP contribution is 2.28. The van der Waals surface area contributed by atoms with Crippen LogP contribution >= 0.6 is 0 Å². The number of H-pyrrole nitrogens is 1. The van der Waals surface area contributed by atoms with Crippen LogP contribution in [0.4, 0.5) is 0 Å². The monoisotopic (exact) mass is 356 g/mol. The van der Waals surface area contributed by atoms with Crippen molar-refractivity contribution in [1.82, 2.24) is 20.2 Å². The summed E-state index contributed by atoms with van der Waals surface area (Å²) in [5.74, 6) is 0.584. The number of nitrogens with one attached hydrogen (secondary N) is 2. The fourth-order valence-electron chi connectivity index (χ4n) is 3.47. The first-order chi connectivity index (χ1) is 12.2. The molecule has 26 heavy (non-hydrogen) atoms. The van der Waals surface area contributed by atoms with Crippen LogP contribution in [0, 0.1) is 11.8 Å². The Balaban J connectivity index is 1.76. The summed E-state index contributed by atoms with van der Waals surface area (Å²) < 4.78 is 0. The molecule has 0 spiro atoms. The van der Waals surface area contributed by atoms with Gasteiger partial charge in [-0.15, -0.1) is 0 Å². The molecule has 0 aliphatic carbocycles. The van der Waals surface area contributed by atoms with Gasteiger partial charge in [0.2, 0.25) is 11.8 Å². The number of carbonyl (C=O) groups is 2. The number of aromatic amines is 1. The second kappa shape index (κ2) is 6.74. The smallest absolute Gasteiger partial charge is 0.226 e. The number of fused-ring (bicyclic) bond motifs is 1. The van der Waals surface area contributed by atoms with E-state index in [1.165, 1.54) is 0 Å². The highest BCUT2D eigenvalue weighted by Gasteiger charge is 2.40. The van der Waals surface area contributed by atoms with Crippen molar-refractivity contribution in [2.75, 3.05) is 6.54 Å². The minimum Gasteiger partial charge on any atom is -0.346 e. The van der Waals surface area contributed by atoms with Crippen molar-refractivity contribution in [3.8, 4) is 0 Å². The van der Waals surface area contributed by atoms with Crippen molar-refractivity contribution in [2.24, 2.45) is 11.8 Å². The normalized spacial score (nSPS) is 19.4. The second-order valence-corrected chi connectivity index (χ2v) is 8.45. The zero-order chi connectivity index (χ0) is 19.1. The maximum atomic E-state index is 12.8. The van der Waals surface area contributed by atoms with E-state index in [0.29, 0.717) is 6.54 Å². The Bertz CT molecular complexity index is 786. The molecule has 1 fully saturated rings. The van der Waals surface area contributed by atoms with Crippen molar-refractivity contribution in [3.05, 3.63) is 30.1 Å². The first-order valence-corrected chi connectivity index (χ1v) is 9.22. The molecule has 6 nitrogen and oxygen atoms in total. The van der Waals surface area contributed by atoms with Crippen LogP contribution in [0.1, 0.15) is 52.9 Å². The van der Waals surface area contributed by atoms with Crippen LogP contribution in [-0.4, -0.2) is 38.8 Å². The molecule has 2 heterocycles. The standard InChI is InChI=1S/C20H28N4O2/c1-12(2)17(18-21-14-8-6-7-9-15(14)22-18)23-19(26)13-10-16(25)24(11-13)20(3,4)5/h6-9,12-13,17H,10-11H2,1-5H3,(H,21,22)(H,23,26)/t13?,17-/m1/s1. The SMILES string of the molecule is CC(C)[C@@H](NC(=O)C1CC(=O)N(C(C)(C)C)C1)c1nc2ccccc2[nH]1. The Morgan fingerprint density at radius 2 is 2.00 bits per heavy atom. The highest BCUT2D eigenvalue weighted by molar-refractivity contribution is 5.89. The molecule has 1 saturated heterocycles. The zero-order valence-electron chi connectivity index (χ0n) is 16.2. The van der Waals surface area contributed by atoms with E-state index in [-0.39, 0.29) is 41.7 Å². The number of nitrogens with zero attached hydrogens (tertiary/aromatic N) is 2. The average Bonchev–Trinajstić information content (AvgIpc) is 3.14. The Kier molecular flexibility index (Phi) is 4.78. The van der Waals surface area contributed by atoms with Crippen LogP contribution in [0.15, 0.2) is 24.3 Å². The summed E-state index contributed by atoms with van der Waals surface area (Å²) >= 11 is 0. The van der Waals surface area contributed by atoms with Crippen LogP contribution in [0.25, 0.3) is 11.0 Å². The van der Waals surface area contributed by atoms with Gasteiger partial charge in [-0.2, -0.15) is 0 Å². The van der Waals surface area contributed by atoms with Crippen LogP contribution in [0.5, 0.6) is 0 Å². The molecular weight excluding hydrogens is 328 g/mol. The van der Waals surface area contributed by atoms with Crippen LogP contribution in [0.2, 0.25) is 0 Å². The number of hydrogen-bond donors (Lipinski definition) is 2. The van der Waals surface area contributed by atoms with E-state index >= 15 is 0 Å². The number of rotatable bonds is 4. The third-order valence-electron chi connectivity index (χ3n) is 4.97. The number of para-hydroxylation sites is 2. The number of benzene rings is 1. The Morgan fingerprint density at radius 1 is 1.31 bits per heavy atom. The lowest BCUT2D eigenvalue weighted by Gasteiger charge is -2.32. The van der Waals surface area contributed by atoms with Crippen molar-refractivity contribution in [3.63, 3.8) is 0 Å². The van der Waals surface area contributed by atoms with Crippen molar-refractivity contribution >= 4 is 22.8 Å². The molecule has 2 aromatic rings. The third kappa shape index (κ3) is 3.59. The van der Waals surface area contributed by atoms with Crippen molar-refractivity contribution < 1.29 is 9.59 Å². The minimum atomic E-state index is -0.313. The predicted octanol–water partition coefficient (Wildman–Crippen LogP) is 3.02. The quantitative estimate of drug-likeness (QED) is 0.884. The van der Waals surface area contributed by atoms with Gasteiger partial charge in [-0.1, -0.05) is 26.0 Å². The topological polar surface area (TPSA) is 78.1 Å². The maximum Gasteiger partial charge on any atom is 0.226 e. The zero-order valence-corrected chi connectivity index (χ0v) is 16.2. The molecule has 1 aliphatic heterocycles. The molecule has 1 aliphatic rings. The molecule has 1 aromatic heterocycles. The molecule has 0 radical (unpaired) electrons. The summed E-state index contributed by atoms with van der Waals surface area (Å²) in [4.78, 5) is 34.8. The fraction of sp³-hybridized carbons (Fsp3) is 0.550. The van der Waals surface area contributed by atoms with Gasteiger partial charge in [0, 0.05) is 18.5 Å². The Labute approximate surface area is 154 Å². The number of aromatic nitrogens is 2. The summed E-state index contributed by atoms with van der Waals surface area (Å²) in [7, 11) is 0. The van der Waals surface area contributed by atoms with Gasteiger partial charge in [0.15, 0.2) is 0 Å². The van der Waals surface area contributed by atoms with Crippen LogP contribution in [-0.2, 0) is 9.59 Å². The van der Waals surface area contributed by atoms with Gasteiger partial charge in [0.1, 0.15) is 5.82 Å². The summed E-state index contributed by atoms with van der Waals surface area (Å²) in [6.45, 7) is 10.6. The molecule has 6 heteroatoms. The number of hydrogen-bond acceptors (Lipinski definition) is 3. The van der Waals surface area contributed by atoms with Gasteiger partial charge < -0.3 is 15.2 Å². The van der Waals surface area contributed by atoms with Crippen molar-refractivity contribution in [1.29, 1.82) is 0 Å². The molecule has 2 amide bonds. The van der Waals surface area contributed by atoms with Gasteiger partial charge in [0.05, 0.1) is 23.0 Å². The number of likely N-dealkylation sites (tertiary alicyclic amines) is 1. The highest BCUT2D eigenvalue weighted by atomic mass is 16.2. The molecule has 2 N–H and O–H groups in total.